The van der Waals surface area contributed by atoms with Crippen LogP contribution in [0.25, 0.3) is 0 Å². The van der Waals surface area contributed by atoms with Gasteiger partial charge in [0.05, 0.1) is 0 Å². The van der Waals surface area contributed by atoms with E-state index in [1.165, 1.54) is 12.8 Å². The van der Waals surface area contributed by atoms with Crippen molar-refractivity contribution in [2.45, 2.75) is 25.8 Å². The monoisotopic (exact) mass is 136 g/mol. The van der Waals surface area contributed by atoms with Gasteiger partial charge in [-0.05, 0) is 18.3 Å². The minimum absolute atomic E-state index is 0.648. The topological polar surface area (TPSA) is 27.0 Å². The third-order valence-corrected chi connectivity index (χ3v) is 2.89. The van der Waals surface area contributed by atoms with Gasteiger partial charge in [-0.15, -0.1) is 0 Å². The molecule has 1 heterocycles. The fraction of sp³-hybridized carbons (Fsp3) is 0.875. The molecule has 1 saturated carbocycles. The van der Waals surface area contributed by atoms with Crippen LogP contribution < -0.4 is 0 Å². The molecule has 0 spiro atoms. The van der Waals surface area contributed by atoms with E-state index in [2.05, 4.69) is 13.1 Å². The number of fused-ring (bicyclic) bond motifs is 1. The molecule has 2 fully saturated rings. The van der Waals surface area contributed by atoms with Crippen LogP contribution in [0.1, 0.15) is 19.8 Å². The third-order valence-electron chi connectivity index (χ3n) is 2.89. The molecule has 2 rings (SSSR count). The summed E-state index contributed by atoms with van der Waals surface area (Å²) < 4.78 is 0. The number of rotatable bonds is 1. The summed E-state index contributed by atoms with van der Waals surface area (Å²) in [6.45, 7) is 3.25. The molecule has 54 valence electrons. The van der Waals surface area contributed by atoms with Crippen LogP contribution in [0.15, 0.2) is 0 Å². The minimum Gasteiger partial charge on any atom is -0.307 e. The average molecular weight is 136 g/mol. The van der Waals surface area contributed by atoms with Gasteiger partial charge >= 0.3 is 0 Å². The Morgan fingerprint density at radius 1 is 1.70 bits per heavy atom. The summed E-state index contributed by atoms with van der Waals surface area (Å²) in [6.07, 6.45) is 4.79. The van der Waals surface area contributed by atoms with E-state index in [1.54, 1.807) is 0 Å². The second-order valence-corrected chi connectivity index (χ2v) is 3.39. The smallest absolute Gasteiger partial charge is 0.179 e. The lowest BCUT2D eigenvalue weighted by molar-refractivity contribution is 0.377. The van der Waals surface area contributed by atoms with Crippen molar-refractivity contribution in [1.82, 2.24) is 4.90 Å². The minimum atomic E-state index is 0.648. The maximum absolute atomic E-state index is 8.65. The Labute approximate surface area is 61.4 Å². The highest BCUT2D eigenvalue weighted by molar-refractivity contribution is 5.08. The molecule has 1 saturated heterocycles. The highest BCUT2D eigenvalue weighted by Crippen LogP contribution is 2.48. The number of hydrogen-bond acceptors (Lipinski definition) is 2. The van der Waals surface area contributed by atoms with Gasteiger partial charge in [-0.1, -0.05) is 13.3 Å². The molecule has 0 N–H and O–H groups in total. The summed E-state index contributed by atoms with van der Waals surface area (Å²) in [6, 6.07) is 0.648. The number of nitrogens with zero attached hydrogens (tertiary/aromatic N) is 2. The van der Waals surface area contributed by atoms with Crippen LogP contribution in [0, 0.1) is 23.3 Å². The first-order valence-corrected chi connectivity index (χ1v) is 4.03. The number of piperidine rings is 1. The fourth-order valence-corrected chi connectivity index (χ4v) is 2.14. The summed E-state index contributed by atoms with van der Waals surface area (Å²) in [7, 11) is 0. The Morgan fingerprint density at radius 2 is 2.50 bits per heavy atom. The first kappa shape index (κ1) is 6.03. The van der Waals surface area contributed by atoms with Gasteiger partial charge in [0.1, 0.15) is 0 Å². The molecule has 0 aromatic heterocycles. The van der Waals surface area contributed by atoms with E-state index in [4.69, 9.17) is 5.26 Å². The molecule has 1 aliphatic carbocycles. The van der Waals surface area contributed by atoms with E-state index in [1.807, 2.05) is 4.90 Å². The van der Waals surface area contributed by atoms with Crippen LogP contribution in [0.2, 0.25) is 0 Å². The maximum Gasteiger partial charge on any atom is 0.179 e. The second kappa shape index (κ2) is 1.88. The van der Waals surface area contributed by atoms with Crippen LogP contribution in [-0.2, 0) is 0 Å². The van der Waals surface area contributed by atoms with Gasteiger partial charge in [-0.2, -0.15) is 5.26 Å². The van der Waals surface area contributed by atoms with Gasteiger partial charge in [-0.3, -0.25) is 0 Å². The van der Waals surface area contributed by atoms with Gasteiger partial charge in [0.2, 0.25) is 0 Å². The lowest BCUT2D eigenvalue weighted by Gasteiger charge is -2.11. The summed E-state index contributed by atoms with van der Waals surface area (Å²) in [4.78, 5) is 1.96. The molecular formula is C8H12N2. The van der Waals surface area contributed by atoms with E-state index >= 15 is 0 Å². The highest BCUT2D eigenvalue weighted by Gasteiger charge is 2.52. The zero-order valence-corrected chi connectivity index (χ0v) is 6.25. The first-order valence-electron chi connectivity index (χ1n) is 4.03. The van der Waals surface area contributed by atoms with E-state index in [9.17, 15) is 0 Å². The van der Waals surface area contributed by atoms with Crippen molar-refractivity contribution in [3.05, 3.63) is 0 Å². The molecule has 0 radical (unpaired) electrons. The molecule has 0 bridgehead atoms. The molecule has 10 heavy (non-hydrogen) atoms. The lowest BCUT2D eigenvalue weighted by atomic mass is 10.0. The standard InChI is InChI=1S/C8H12N2/c1-2-6-4-10(5-9)8-3-7(6)8/h6-8H,2-4H2,1H3. The van der Waals surface area contributed by atoms with Crippen molar-refractivity contribution < 1.29 is 0 Å². The Kier molecular flexibility index (Phi) is 1.14. The normalized spacial score (nSPS) is 42.8. The zero-order valence-electron chi connectivity index (χ0n) is 6.25. The van der Waals surface area contributed by atoms with Gasteiger partial charge in [0, 0.05) is 12.6 Å². The van der Waals surface area contributed by atoms with Gasteiger partial charge in [-0.25, -0.2) is 0 Å². The molecule has 2 aliphatic rings. The van der Waals surface area contributed by atoms with E-state index in [-0.39, 0.29) is 0 Å². The van der Waals surface area contributed by atoms with Crippen molar-refractivity contribution in [1.29, 1.82) is 5.26 Å². The van der Waals surface area contributed by atoms with E-state index in [0.717, 1.165) is 18.4 Å². The van der Waals surface area contributed by atoms with E-state index < -0.39 is 0 Å². The quantitative estimate of drug-likeness (QED) is 0.506. The van der Waals surface area contributed by atoms with Crippen molar-refractivity contribution in [2.24, 2.45) is 11.8 Å². The van der Waals surface area contributed by atoms with Gasteiger partial charge < -0.3 is 4.90 Å². The van der Waals surface area contributed by atoms with Gasteiger partial charge in [0.15, 0.2) is 6.19 Å². The maximum atomic E-state index is 8.65. The second-order valence-electron chi connectivity index (χ2n) is 3.39. The summed E-state index contributed by atoms with van der Waals surface area (Å²) in [5, 5.41) is 8.65. The van der Waals surface area contributed by atoms with Crippen molar-refractivity contribution in [2.75, 3.05) is 6.54 Å². The summed E-state index contributed by atoms with van der Waals surface area (Å²) in [5.74, 6) is 1.70. The van der Waals surface area contributed by atoms with Crippen molar-refractivity contribution >= 4 is 0 Å². The lowest BCUT2D eigenvalue weighted by Crippen LogP contribution is -2.18. The molecule has 0 aromatic rings. The summed E-state index contributed by atoms with van der Waals surface area (Å²) in [5.41, 5.74) is 0. The zero-order chi connectivity index (χ0) is 7.14. The molecule has 2 nitrogen and oxygen atoms in total. The SMILES string of the molecule is CCC1CN(C#N)C2CC12. The van der Waals surface area contributed by atoms with Crippen LogP contribution in [0.5, 0.6) is 0 Å². The predicted octanol–water partition coefficient (Wildman–Crippen LogP) is 1.20. The molecule has 1 aliphatic heterocycles. The van der Waals surface area contributed by atoms with Crippen LogP contribution in [-0.4, -0.2) is 17.5 Å². The third kappa shape index (κ3) is 0.636. The molecule has 0 amide bonds. The number of nitriles is 1. The molecular weight excluding hydrogens is 124 g/mol. The van der Waals surface area contributed by atoms with Crippen molar-refractivity contribution in [3.8, 4) is 6.19 Å². The Balaban J connectivity index is 2.03. The predicted molar refractivity (Wildman–Crippen MR) is 38.0 cm³/mol. The summed E-state index contributed by atoms with van der Waals surface area (Å²) >= 11 is 0. The fourth-order valence-electron chi connectivity index (χ4n) is 2.14. The average Bonchev–Trinajstić information content (AvgIpc) is 2.67. The van der Waals surface area contributed by atoms with Crippen molar-refractivity contribution in [3.63, 3.8) is 0 Å². The molecule has 3 unspecified atom stereocenters. The van der Waals surface area contributed by atoms with Crippen LogP contribution in [0.4, 0.5) is 0 Å². The molecule has 0 aromatic carbocycles. The Hall–Kier alpha value is -0.710. The van der Waals surface area contributed by atoms with E-state index in [0.29, 0.717) is 6.04 Å². The Bertz CT molecular complexity index is 182. The highest BCUT2D eigenvalue weighted by atomic mass is 15.2. The van der Waals surface area contributed by atoms with Crippen LogP contribution in [0.3, 0.4) is 0 Å². The largest absolute Gasteiger partial charge is 0.307 e. The number of likely N-dealkylation sites (tertiary alicyclic amines) is 1. The Morgan fingerprint density at radius 3 is 2.90 bits per heavy atom. The number of hydrogen-bond donors (Lipinski definition) is 0. The van der Waals surface area contributed by atoms with Crippen LogP contribution >= 0.6 is 0 Å². The molecule has 3 atom stereocenters. The van der Waals surface area contributed by atoms with Gasteiger partial charge in [0.25, 0.3) is 0 Å². The molecule has 2 heteroatoms. The first-order chi connectivity index (χ1) is 4.86.